The van der Waals surface area contributed by atoms with Crippen molar-refractivity contribution in [2.45, 2.75) is 31.6 Å². The highest BCUT2D eigenvalue weighted by atomic mass is 32.2. The van der Waals surface area contributed by atoms with E-state index in [1.54, 1.807) is 25.3 Å². The molecule has 1 atom stereocenters. The minimum atomic E-state index is -3.68. The molecular formula is C26H35N3O5S. The molecule has 35 heavy (non-hydrogen) atoms. The topological polar surface area (TPSA) is 79.4 Å². The molecule has 2 aromatic rings. The van der Waals surface area contributed by atoms with E-state index in [1.807, 2.05) is 43.0 Å². The van der Waals surface area contributed by atoms with Crippen LogP contribution in [-0.4, -0.2) is 76.5 Å². The van der Waals surface area contributed by atoms with Gasteiger partial charge in [0, 0.05) is 39.3 Å². The van der Waals surface area contributed by atoms with Crippen molar-refractivity contribution in [3.05, 3.63) is 48.0 Å². The molecule has 0 bridgehead atoms. The van der Waals surface area contributed by atoms with Gasteiger partial charge in [-0.15, -0.1) is 0 Å². The maximum Gasteiger partial charge on any atom is 0.243 e. The average Bonchev–Trinajstić information content (AvgIpc) is 2.89. The molecule has 0 radical (unpaired) electrons. The minimum Gasteiger partial charge on any atom is -0.495 e. The second-order valence-electron chi connectivity index (χ2n) is 9.05. The third-order valence-corrected chi connectivity index (χ3v) is 8.70. The number of ether oxygens (including phenoxy) is 2. The Kier molecular flexibility index (Phi) is 7.86. The van der Waals surface area contributed by atoms with Crippen LogP contribution in [0.15, 0.2) is 47.4 Å². The predicted molar refractivity (Wildman–Crippen MR) is 136 cm³/mol. The quantitative estimate of drug-likeness (QED) is 0.580. The number of methoxy groups -OCH3 is 1. The Hall–Kier alpha value is -2.78. The first-order valence-corrected chi connectivity index (χ1v) is 13.7. The molecule has 9 heteroatoms. The molecule has 1 amide bonds. The van der Waals surface area contributed by atoms with E-state index in [4.69, 9.17) is 9.47 Å². The number of hydrogen-bond donors (Lipinski definition) is 0. The molecule has 2 heterocycles. The van der Waals surface area contributed by atoms with E-state index in [0.717, 1.165) is 17.0 Å². The Morgan fingerprint density at radius 2 is 1.77 bits per heavy atom. The first-order chi connectivity index (χ1) is 16.8. The maximum atomic E-state index is 13.4. The highest BCUT2D eigenvalue weighted by Gasteiger charge is 2.36. The van der Waals surface area contributed by atoms with Gasteiger partial charge in [-0.2, -0.15) is 4.31 Å². The highest BCUT2D eigenvalue weighted by molar-refractivity contribution is 7.89. The molecule has 2 saturated heterocycles. The van der Waals surface area contributed by atoms with E-state index in [0.29, 0.717) is 57.9 Å². The van der Waals surface area contributed by atoms with E-state index < -0.39 is 10.0 Å². The summed E-state index contributed by atoms with van der Waals surface area (Å²) < 4.78 is 39.2. The van der Waals surface area contributed by atoms with Gasteiger partial charge in [0.25, 0.3) is 0 Å². The summed E-state index contributed by atoms with van der Waals surface area (Å²) in [4.78, 5) is 17.7. The number of anilines is 1. The van der Waals surface area contributed by atoms with Crippen LogP contribution in [0.5, 0.6) is 11.5 Å². The third-order valence-electron chi connectivity index (χ3n) is 6.83. The largest absolute Gasteiger partial charge is 0.495 e. The number of piperidine rings is 1. The van der Waals surface area contributed by atoms with E-state index in [9.17, 15) is 13.2 Å². The highest BCUT2D eigenvalue weighted by Crippen LogP contribution is 2.30. The van der Waals surface area contributed by atoms with Gasteiger partial charge in [0.2, 0.25) is 15.9 Å². The average molecular weight is 502 g/mol. The van der Waals surface area contributed by atoms with Gasteiger partial charge in [0.05, 0.1) is 30.2 Å². The van der Waals surface area contributed by atoms with Crippen LogP contribution in [0.4, 0.5) is 5.69 Å². The fraction of sp³-hybridized carbons (Fsp3) is 0.500. The SMILES string of the molecule is CCOc1ccc(S(=O)(=O)N2CCC[C@@H](C(=O)N3CCN(c4ccccc4OC)CC3)C2)cc1C. The van der Waals surface area contributed by atoms with Gasteiger partial charge in [0.15, 0.2) is 0 Å². The number of carbonyl (C=O) groups excluding carboxylic acids is 1. The normalized spacial score (nSPS) is 19.5. The summed E-state index contributed by atoms with van der Waals surface area (Å²) in [5, 5.41) is 0. The maximum absolute atomic E-state index is 13.4. The molecule has 2 aliphatic heterocycles. The Bertz CT molecular complexity index is 1150. The van der Waals surface area contributed by atoms with Crippen molar-refractivity contribution in [3.8, 4) is 11.5 Å². The first kappa shape index (κ1) is 25.3. The Morgan fingerprint density at radius 1 is 1.03 bits per heavy atom. The number of sulfonamides is 1. The molecule has 0 unspecified atom stereocenters. The fourth-order valence-corrected chi connectivity index (χ4v) is 6.54. The molecule has 8 nitrogen and oxygen atoms in total. The molecule has 4 rings (SSSR count). The summed E-state index contributed by atoms with van der Waals surface area (Å²) >= 11 is 0. The lowest BCUT2D eigenvalue weighted by atomic mass is 9.97. The smallest absolute Gasteiger partial charge is 0.243 e. The van der Waals surface area contributed by atoms with Crippen LogP contribution in [0.2, 0.25) is 0 Å². The van der Waals surface area contributed by atoms with Gasteiger partial charge in [-0.3, -0.25) is 4.79 Å². The Morgan fingerprint density at radius 3 is 2.46 bits per heavy atom. The summed E-state index contributed by atoms with van der Waals surface area (Å²) in [6.07, 6.45) is 1.38. The van der Waals surface area contributed by atoms with E-state index in [-0.39, 0.29) is 23.3 Å². The number of nitrogens with zero attached hydrogens (tertiary/aromatic N) is 3. The molecule has 2 aliphatic rings. The van der Waals surface area contributed by atoms with Crippen molar-refractivity contribution in [3.63, 3.8) is 0 Å². The number of benzene rings is 2. The van der Waals surface area contributed by atoms with Crippen LogP contribution in [0.3, 0.4) is 0 Å². The number of carbonyl (C=O) groups is 1. The van der Waals surface area contributed by atoms with E-state index >= 15 is 0 Å². The zero-order valence-electron chi connectivity index (χ0n) is 20.8. The fourth-order valence-electron chi connectivity index (χ4n) is 4.93. The van der Waals surface area contributed by atoms with Crippen molar-refractivity contribution in [1.29, 1.82) is 0 Å². The number of piperazine rings is 1. The summed E-state index contributed by atoms with van der Waals surface area (Å²) in [7, 11) is -2.02. The number of aryl methyl sites for hydroxylation is 1. The second kappa shape index (κ2) is 10.9. The van der Waals surface area contributed by atoms with Gasteiger partial charge in [-0.1, -0.05) is 12.1 Å². The number of hydrogen-bond acceptors (Lipinski definition) is 6. The Balaban J connectivity index is 1.40. The standard InChI is InChI=1S/C26H35N3O5S/c1-4-34-24-12-11-22(18-20(24)2)35(31,32)29-13-7-8-21(19-29)26(30)28-16-14-27(15-17-28)23-9-5-6-10-25(23)33-3/h5-6,9-12,18,21H,4,7-8,13-17,19H2,1-3H3/t21-/m1/s1. The molecule has 2 fully saturated rings. The molecule has 0 spiro atoms. The lowest BCUT2D eigenvalue weighted by Gasteiger charge is -2.39. The van der Waals surface area contributed by atoms with Crippen molar-refractivity contribution in [1.82, 2.24) is 9.21 Å². The molecule has 0 saturated carbocycles. The lowest BCUT2D eigenvalue weighted by Crippen LogP contribution is -2.53. The van der Waals surface area contributed by atoms with E-state index in [1.165, 1.54) is 4.31 Å². The van der Waals surface area contributed by atoms with Gasteiger partial charge in [-0.05, 0) is 62.6 Å². The molecular weight excluding hydrogens is 466 g/mol. The first-order valence-electron chi connectivity index (χ1n) is 12.3. The van der Waals surface area contributed by atoms with E-state index in [2.05, 4.69) is 4.90 Å². The number of para-hydroxylation sites is 2. The summed E-state index contributed by atoms with van der Waals surface area (Å²) in [5.74, 6) is 1.24. The van der Waals surface area contributed by atoms with Crippen molar-refractivity contribution in [2.24, 2.45) is 5.92 Å². The zero-order chi connectivity index (χ0) is 25.0. The minimum absolute atomic E-state index is 0.0486. The predicted octanol–water partition coefficient (Wildman–Crippen LogP) is 3.15. The van der Waals surface area contributed by atoms with Gasteiger partial charge in [0.1, 0.15) is 11.5 Å². The van der Waals surface area contributed by atoms with Crippen LogP contribution in [0, 0.1) is 12.8 Å². The lowest BCUT2D eigenvalue weighted by molar-refractivity contribution is -0.137. The van der Waals surface area contributed by atoms with Crippen LogP contribution >= 0.6 is 0 Å². The third kappa shape index (κ3) is 5.41. The monoisotopic (exact) mass is 501 g/mol. The molecule has 0 N–H and O–H groups in total. The van der Waals surface area contributed by atoms with Crippen molar-refractivity contribution >= 4 is 21.6 Å². The van der Waals surface area contributed by atoms with Gasteiger partial charge in [-0.25, -0.2) is 8.42 Å². The zero-order valence-corrected chi connectivity index (χ0v) is 21.6. The van der Waals surface area contributed by atoms with Crippen LogP contribution in [0.1, 0.15) is 25.3 Å². The van der Waals surface area contributed by atoms with Crippen LogP contribution in [-0.2, 0) is 14.8 Å². The summed E-state index contributed by atoms with van der Waals surface area (Å²) in [6, 6.07) is 12.9. The summed E-state index contributed by atoms with van der Waals surface area (Å²) in [6.45, 7) is 7.57. The molecule has 2 aromatic carbocycles. The van der Waals surface area contributed by atoms with Crippen LogP contribution in [0.25, 0.3) is 0 Å². The molecule has 190 valence electrons. The Labute approximate surface area is 208 Å². The second-order valence-corrected chi connectivity index (χ2v) is 11.0. The van der Waals surface area contributed by atoms with Gasteiger partial charge < -0.3 is 19.3 Å². The molecule has 0 aliphatic carbocycles. The molecule has 0 aromatic heterocycles. The summed E-state index contributed by atoms with van der Waals surface area (Å²) in [5.41, 5.74) is 1.81. The number of amides is 1. The van der Waals surface area contributed by atoms with Crippen molar-refractivity contribution < 1.29 is 22.7 Å². The number of rotatable bonds is 7. The van der Waals surface area contributed by atoms with Crippen LogP contribution < -0.4 is 14.4 Å². The van der Waals surface area contributed by atoms with Gasteiger partial charge >= 0.3 is 0 Å². The van der Waals surface area contributed by atoms with Crippen molar-refractivity contribution in [2.75, 3.05) is 57.9 Å².